The number of phenolic OH excluding ortho intramolecular Hbond substituents is 1. The number of aromatic hydroxyl groups is 1. The van der Waals surface area contributed by atoms with Gasteiger partial charge >= 0.3 is 5.97 Å². The second-order valence-electron chi connectivity index (χ2n) is 10.2. The van der Waals surface area contributed by atoms with Crippen LogP contribution in [-0.4, -0.2) is 71.2 Å². The number of carboxylic acid groups (broad SMARTS) is 1. The first-order chi connectivity index (χ1) is 18.5. The van der Waals surface area contributed by atoms with Crippen LogP contribution in [0.4, 0.5) is 0 Å². The van der Waals surface area contributed by atoms with Crippen LogP contribution < -0.4 is 33.2 Å². The number of unbranched alkanes of at least 4 members (excludes halogenated alkanes) is 2. The molecule has 1 aromatic carbocycles. The lowest BCUT2D eigenvalue weighted by atomic mass is 10.0. The fourth-order valence-corrected chi connectivity index (χ4v) is 4.02. The maximum Gasteiger partial charge on any atom is 0.326 e. The van der Waals surface area contributed by atoms with E-state index in [0.29, 0.717) is 38.8 Å². The summed E-state index contributed by atoms with van der Waals surface area (Å²) in [5, 5.41) is 26.9. The average Bonchev–Trinajstić information content (AvgIpc) is 2.88. The average molecular weight is 551 g/mol. The Morgan fingerprint density at radius 3 is 1.67 bits per heavy atom. The van der Waals surface area contributed by atoms with Crippen LogP contribution in [0.25, 0.3) is 0 Å². The zero-order chi connectivity index (χ0) is 29.4. The van der Waals surface area contributed by atoms with Crippen LogP contribution >= 0.6 is 0 Å². The molecule has 0 saturated heterocycles. The van der Waals surface area contributed by atoms with Gasteiger partial charge in [-0.25, -0.2) is 4.79 Å². The fraction of sp³-hybridized carbons (Fsp3) is 0.630. The van der Waals surface area contributed by atoms with Crippen molar-refractivity contribution in [1.82, 2.24) is 16.0 Å². The van der Waals surface area contributed by atoms with Gasteiger partial charge in [-0.05, 0) is 88.1 Å². The molecule has 1 rings (SSSR count). The van der Waals surface area contributed by atoms with Gasteiger partial charge in [0.1, 0.15) is 23.9 Å². The summed E-state index contributed by atoms with van der Waals surface area (Å²) in [4.78, 5) is 50.9. The molecule has 39 heavy (non-hydrogen) atoms. The summed E-state index contributed by atoms with van der Waals surface area (Å²) >= 11 is 0. The van der Waals surface area contributed by atoms with Gasteiger partial charge in [-0.2, -0.15) is 0 Å². The Balaban J connectivity index is 2.98. The van der Waals surface area contributed by atoms with E-state index in [1.54, 1.807) is 12.1 Å². The number of hydrogen-bond donors (Lipinski definition) is 8. The number of benzene rings is 1. The number of carbonyl (C=O) groups is 4. The first kappa shape index (κ1) is 33.8. The molecule has 3 amide bonds. The zero-order valence-electron chi connectivity index (χ0n) is 23.0. The molecule has 1 aromatic rings. The van der Waals surface area contributed by atoms with E-state index in [4.69, 9.17) is 17.2 Å². The number of nitrogens with one attached hydrogen (secondary N) is 3. The second-order valence-corrected chi connectivity index (χ2v) is 10.2. The molecule has 0 heterocycles. The van der Waals surface area contributed by atoms with E-state index in [2.05, 4.69) is 16.0 Å². The number of amides is 3. The van der Waals surface area contributed by atoms with Crippen molar-refractivity contribution in [2.24, 2.45) is 23.1 Å². The Morgan fingerprint density at radius 1 is 0.769 bits per heavy atom. The monoisotopic (exact) mass is 550 g/mol. The fourth-order valence-electron chi connectivity index (χ4n) is 4.02. The molecule has 4 atom stereocenters. The molecule has 0 aliphatic carbocycles. The second kappa shape index (κ2) is 18.1. The molecule has 0 spiro atoms. The van der Waals surface area contributed by atoms with E-state index in [1.165, 1.54) is 12.1 Å². The summed E-state index contributed by atoms with van der Waals surface area (Å²) in [7, 11) is 0. The van der Waals surface area contributed by atoms with Gasteiger partial charge in [-0.3, -0.25) is 14.4 Å². The number of aliphatic carboxylic acids is 1. The minimum absolute atomic E-state index is 0.0320. The molecule has 220 valence electrons. The van der Waals surface area contributed by atoms with Crippen LogP contribution in [0.3, 0.4) is 0 Å². The van der Waals surface area contributed by atoms with Crippen LogP contribution in [0.15, 0.2) is 24.3 Å². The first-order valence-corrected chi connectivity index (χ1v) is 13.6. The molecule has 0 saturated carbocycles. The summed E-state index contributed by atoms with van der Waals surface area (Å²) in [6.07, 6.45) is 3.32. The molecule has 0 aliphatic rings. The van der Waals surface area contributed by atoms with E-state index < -0.39 is 47.9 Å². The van der Waals surface area contributed by atoms with Crippen molar-refractivity contribution in [2.45, 2.75) is 89.4 Å². The Hall–Kier alpha value is -3.22. The van der Waals surface area contributed by atoms with Crippen molar-refractivity contribution in [3.8, 4) is 5.75 Å². The van der Waals surface area contributed by atoms with E-state index in [1.807, 2.05) is 13.8 Å². The Bertz CT molecular complexity index is 911. The molecular weight excluding hydrogens is 504 g/mol. The number of phenols is 1. The summed E-state index contributed by atoms with van der Waals surface area (Å²) in [6, 6.07) is 2.29. The molecule has 0 aliphatic heterocycles. The normalized spacial score (nSPS) is 14.2. The number of rotatable bonds is 19. The number of hydrogen-bond acceptors (Lipinski definition) is 8. The predicted molar refractivity (Wildman–Crippen MR) is 148 cm³/mol. The zero-order valence-corrected chi connectivity index (χ0v) is 23.0. The van der Waals surface area contributed by atoms with Gasteiger partial charge in [0.15, 0.2) is 0 Å². The summed E-state index contributed by atoms with van der Waals surface area (Å²) in [5.41, 5.74) is 18.0. The summed E-state index contributed by atoms with van der Waals surface area (Å²) in [5.74, 6) is -2.74. The summed E-state index contributed by atoms with van der Waals surface area (Å²) in [6.45, 7) is 4.52. The lowest BCUT2D eigenvalue weighted by Gasteiger charge is -2.26. The smallest absolute Gasteiger partial charge is 0.326 e. The van der Waals surface area contributed by atoms with Gasteiger partial charge < -0.3 is 43.4 Å². The van der Waals surface area contributed by atoms with Crippen LogP contribution in [0.5, 0.6) is 5.75 Å². The summed E-state index contributed by atoms with van der Waals surface area (Å²) < 4.78 is 0. The van der Waals surface area contributed by atoms with Crippen LogP contribution in [0, 0.1) is 5.92 Å². The third-order valence-electron chi connectivity index (χ3n) is 6.21. The molecular formula is C27H46N6O6. The van der Waals surface area contributed by atoms with Gasteiger partial charge in [0.25, 0.3) is 0 Å². The van der Waals surface area contributed by atoms with Crippen molar-refractivity contribution in [2.75, 3.05) is 13.1 Å². The molecule has 12 nitrogen and oxygen atoms in total. The highest BCUT2D eigenvalue weighted by Crippen LogP contribution is 2.12. The van der Waals surface area contributed by atoms with E-state index in [-0.39, 0.29) is 37.4 Å². The van der Waals surface area contributed by atoms with Gasteiger partial charge in [0.2, 0.25) is 17.7 Å². The largest absolute Gasteiger partial charge is 0.508 e. The lowest BCUT2D eigenvalue weighted by Crippen LogP contribution is -2.57. The molecule has 4 unspecified atom stereocenters. The van der Waals surface area contributed by atoms with E-state index in [9.17, 15) is 29.4 Å². The first-order valence-electron chi connectivity index (χ1n) is 13.6. The standard InChI is InChI=1S/C27H46N6O6/c1-17(2)15-23(27(38)39)33-26(37)22(8-4-6-14-29)32-25(36)21(7-3-5-13-28)31-24(35)20(30)16-18-9-11-19(34)12-10-18/h9-12,17,20-23,34H,3-8,13-16,28-30H2,1-2H3,(H,31,35)(H,32,36)(H,33,37)(H,38,39). The highest BCUT2D eigenvalue weighted by Gasteiger charge is 2.30. The predicted octanol–water partition coefficient (Wildman–Crippen LogP) is 0.105. The highest BCUT2D eigenvalue weighted by molar-refractivity contribution is 5.94. The van der Waals surface area contributed by atoms with E-state index >= 15 is 0 Å². The maximum absolute atomic E-state index is 13.3. The van der Waals surface area contributed by atoms with Crippen LogP contribution in [0.1, 0.15) is 64.4 Å². The third-order valence-corrected chi connectivity index (χ3v) is 6.21. The lowest BCUT2D eigenvalue weighted by molar-refractivity contribution is -0.142. The van der Waals surface area contributed by atoms with Crippen molar-refractivity contribution >= 4 is 23.7 Å². The Kier molecular flexibility index (Phi) is 15.7. The SMILES string of the molecule is CC(C)CC(NC(=O)C(CCCCN)NC(=O)C(CCCCN)NC(=O)C(N)Cc1ccc(O)cc1)C(=O)O. The molecule has 0 aromatic heterocycles. The van der Waals surface area contributed by atoms with Gasteiger partial charge in [0, 0.05) is 0 Å². The molecule has 12 heteroatoms. The molecule has 0 radical (unpaired) electrons. The number of nitrogens with two attached hydrogens (primary N) is 3. The minimum atomic E-state index is -1.15. The van der Waals surface area contributed by atoms with Crippen LogP contribution in [0.2, 0.25) is 0 Å². The Morgan fingerprint density at radius 2 is 1.23 bits per heavy atom. The van der Waals surface area contributed by atoms with Crippen molar-refractivity contribution < 1.29 is 29.4 Å². The molecule has 0 fully saturated rings. The molecule has 0 bridgehead atoms. The van der Waals surface area contributed by atoms with Crippen molar-refractivity contribution in [3.63, 3.8) is 0 Å². The quantitative estimate of drug-likeness (QED) is 0.109. The Labute approximate surface area is 230 Å². The maximum atomic E-state index is 13.3. The number of carboxylic acids is 1. The van der Waals surface area contributed by atoms with Crippen LogP contribution in [-0.2, 0) is 25.6 Å². The topological polar surface area (TPSA) is 223 Å². The van der Waals surface area contributed by atoms with Crippen molar-refractivity contribution in [3.05, 3.63) is 29.8 Å². The molecule has 11 N–H and O–H groups in total. The third kappa shape index (κ3) is 13.4. The van der Waals surface area contributed by atoms with Gasteiger partial charge in [0.05, 0.1) is 6.04 Å². The highest BCUT2D eigenvalue weighted by atomic mass is 16.4. The van der Waals surface area contributed by atoms with Crippen molar-refractivity contribution in [1.29, 1.82) is 0 Å². The van der Waals surface area contributed by atoms with Gasteiger partial charge in [-0.1, -0.05) is 26.0 Å². The number of carbonyl (C=O) groups excluding carboxylic acids is 3. The van der Waals surface area contributed by atoms with E-state index in [0.717, 1.165) is 5.56 Å². The minimum Gasteiger partial charge on any atom is -0.508 e. The van der Waals surface area contributed by atoms with Gasteiger partial charge in [-0.15, -0.1) is 0 Å².